The Morgan fingerprint density at radius 1 is 1.13 bits per heavy atom. The Morgan fingerprint density at radius 2 is 1.67 bits per heavy atom. The van der Waals surface area contributed by atoms with Gasteiger partial charge in [0.1, 0.15) is 5.76 Å². The molecular formula is C13H20O2. The summed E-state index contributed by atoms with van der Waals surface area (Å²) in [5, 5.41) is 0. The molecule has 0 fully saturated rings. The van der Waals surface area contributed by atoms with Crippen LogP contribution in [0.4, 0.5) is 0 Å². The van der Waals surface area contributed by atoms with Gasteiger partial charge in [-0.25, -0.2) is 4.79 Å². The second kappa shape index (κ2) is 3.84. The molecule has 84 valence electrons. The fourth-order valence-corrected chi connectivity index (χ4v) is 1.91. The van der Waals surface area contributed by atoms with Gasteiger partial charge in [-0.1, -0.05) is 27.7 Å². The highest BCUT2D eigenvalue weighted by atomic mass is 16.4. The van der Waals surface area contributed by atoms with E-state index in [1.54, 1.807) is 0 Å². The summed E-state index contributed by atoms with van der Waals surface area (Å²) in [4.78, 5) is 11.7. The molecule has 1 aromatic rings. The van der Waals surface area contributed by atoms with Crippen molar-refractivity contribution in [2.45, 2.75) is 53.4 Å². The summed E-state index contributed by atoms with van der Waals surface area (Å²) in [6.07, 6.45) is 0.736. The third-order valence-corrected chi connectivity index (χ3v) is 2.83. The van der Waals surface area contributed by atoms with Crippen molar-refractivity contribution in [3.05, 3.63) is 32.9 Å². The first-order chi connectivity index (χ1) is 6.79. The van der Waals surface area contributed by atoms with Crippen LogP contribution in [0.3, 0.4) is 0 Å². The van der Waals surface area contributed by atoms with E-state index in [0.29, 0.717) is 0 Å². The van der Waals surface area contributed by atoms with Crippen molar-refractivity contribution in [3.63, 3.8) is 0 Å². The molecule has 0 saturated carbocycles. The van der Waals surface area contributed by atoms with Crippen LogP contribution >= 0.6 is 0 Å². The van der Waals surface area contributed by atoms with Gasteiger partial charge in [0.25, 0.3) is 0 Å². The lowest BCUT2D eigenvalue weighted by Gasteiger charge is -2.21. The molecule has 0 spiro atoms. The van der Waals surface area contributed by atoms with Gasteiger partial charge >= 0.3 is 5.63 Å². The molecule has 0 aliphatic heterocycles. The van der Waals surface area contributed by atoms with E-state index in [2.05, 4.69) is 20.8 Å². The quantitative estimate of drug-likeness (QED) is 0.709. The van der Waals surface area contributed by atoms with Gasteiger partial charge in [-0.05, 0) is 31.4 Å². The van der Waals surface area contributed by atoms with Crippen LogP contribution < -0.4 is 5.63 Å². The van der Waals surface area contributed by atoms with Crippen LogP contribution in [0.1, 0.15) is 50.1 Å². The molecule has 0 saturated heterocycles. The minimum Gasteiger partial charge on any atom is -0.427 e. The molecule has 0 amide bonds. The van der Waals surface area contributed by atoms with Crippen molar-refractivity contribution in [1.29, 1.82) is 0 Å². The van der Waals surface area contributed by atoms with Crippen LogP contribution in [0, 0.1) is 13.8 Å². The monoisotopic (exact) mass is 208 g/mol. The average molecular weight is 208 g/mol. The van der Waals surface area contributed by atoms with Gasteiger partial charge < -0.3 is 4.42 Å². The van der Waals surface area contributed by atoms with Crippen LogP contribution in [0.15, 0.2) is 9.21 Å². The van der Waals surface area contributed by atoms with Crippen molar-refractivity contribution >= 4 is 0 Å². The zero-order valence-corrected chi connectivity index (χ0v) is 10.5. The maximum absolute atomic E-state index is 11.7. The van der Waals surface area contributed by atoms with E-state index in [0.717, 1.165) is 28.9 Å². The molecule has 1 heterocycles. The van der Waals surface area contributed by atoms with Crippen molar-refractivity contribution in [2.24, 2.45) is 0 Å². The molecule has 0 unspecified atom stereocenters. The predicted molar refractivity (Wildman–Crippen MR) is 62.5 cm³/mol. The molecule has 0 radical (unpaired) electrons. The van der Waals surface area contributed by atoms with Crippen LogP contribution in [-0.4, -0.2) is 0 Å². The lowest BCUT2D eigenvalue weighted by molar-refractivity contribution is 0.368. The van der Waals surface area contributed by atoms with Crippen molar-refractivity contribution in [3.8, 4) is 0 Å². The fourth-order valence-electron chi connectivity index (χ4n) is 1.91. The van der Waals surface area contributed by atoms with Gasteiger partial charge in [-0.15, -0.1) is 0 Å². The number of hydrogen-bond donors (Lipinski definition) is 0. The van der Waals surface area contributed by atoms with Crippen molar-refractivity contribution < 1.29 is 4.42 Å². The zero-order chi connectivity index (χ0) is 11.8. The number of hydrogen-bond acceptors (Lipinski definition) is 2. The lowest BCUT2D eigenvalue weighted by atomic mass is 9.87. The first-order valence-corrected chi connectivity index (χ1v) is 5.42. The Bertz CT molecular complexity index is 419. The van der Waals surface area contributed by atoms with Gasteiger partial charge in [0, 0.05) is 11.0 Å². The number of rotatable bonds is 1. The zero-order valence-electron chi connectivity index (χ0n) is 10.5. The second-order valence-corrected chi connectivity index (χ2v) is 5.05. The molecule has 1 rings (SSSR count). The van der Waals surface area contributed by atoms with Crippen molar-refractivity contribution in [2.75, 3.05) is 0 Å². The summed E-state index contributed by atoms with van der Waals surface area (Å²) in [5.41, 5.74) is 2.71. The Kier molecular flexibility index (Phi) is 3.08. The van der Waals surface area contributed by atoms with E-state index in [-0.39, 0.29) is 11.0 Å². The average Bonchev–Trinajstić information content (AvgIpc) is 2.10. The van der Waals surface area contributed by atoms with E-state index in [9.17, 15) is 4.79 Å². The van der Waals surface area contributed by atoms with Gasteiger partial charge in [0.2, 0.25) is 0 Å². The standard InChI is InChI=1S/C13H20O2/c1-7-10-8(2)9(3)11(13(4,5)6)15-12(10)14/h7H2,1-6H3. The summed E-state index contributed by atoms with van der Waals surface area (Å²) in [7, 11) is 0. The highest BCUT2D eigenvalue weighted by Gasteiger charge is 2.22. The lowest BCUT2D eigenvalue weighted by Crippen LogP contribution is -2.20. The molecule has 2 heteroatoms. The molecule has 0 bridgehead atoms. The van der Waals surface area contributed by atoms with Crippen molar-refractivity contribution in [1.82, 2.24) is 0 Å². The van der Waals surface area contributed by atoms with Gasteiger partial charge in [0.15, 0.2) is 0 Å². The van der Waals surface area contributed by atoms with Crippen LogP contribution in [0.2, 0.25) is 0 Å². The largest absolute Gasteiger partial charge is 0.427 e. The van der Waals surface area contributed by atoms with Crippen LogP contribution in [0.5, 0.6) is 0 Å². The summed E-state index contributed by atoms with van der Waals surface area (Å²) in [6.45, 7) is 12.2. The molecule has 1 aromatic heterocycles. The molecule has 0 aliphatic rings. The van der Waals surface area contributed by atoms with Crippen LogP contribution in [0.25, 0.3) is 0 Å². The second-order valence-electron chi connectivity index (χ2n) is 5.05. The Hall–Kier alpha value is -1.05. The highest BCUT2D eigenvalue weighted by Crippen LogP contribution is 2.27. The summed E-state index contributed by atoms with van der Waals surface area (Å²) in [5.74, 6) is 0.808. The SMILES string of the molecule is CCc1c(C)c(C)c(C(C)(C)C)oc1=O. The topological polar surface area (TPSA) is 30.2 Å². The summed E-state index contributed by atoms with van der Waals surface area (Å²) >= 11 is 0. The van der Waals surface area contributed by atoms with Gasteiger partial charge in [-0.3, -0.25) is 0 Å². The molecule has 0 atom stereocenters. The fraction of sp³-hybridized carbons (Fsp3) is 0.615. The molecule has 0 N–H and O–H groups in total. The Labute approximate surface area is 91.3 Å². The van der Waals surface area contributed by atoms with E-state index >= 15 is 0 Å². The molecule has 2 nitrogen and oxygen atoms in total. The predicted octanol–water partition coefficient (Wildman–Crippen LogP) is 3.12. The smallest absolute Gasteiger partial charge is 0.339 e. The minimum absolute atomic E-state index is 0.111. The normalized spacial score (nSPS) is 11.9. The highest BCUT2D eigenvalue weighted by molar-refractivity contribution is 5.35. The van der Waals surface area contributed by atoms with E-state index in [1.165, 1.54) is 0 Å². The third kappa shape index (κ3) is 2.14. The molecular weight excluding hydrogens is 188 g/mol. The Balaban J connectivity index is 3.55. The molecule has 0 aliphatic carbocycles. The Morgan fingerprint density at radius 3 is 2.07 bits per heavy atom. The summed E-state index contributed by atoms with van der Waals surface area (Å²) in [6, 6.07) is 0. The maximum atomic E-state index is 11.7. The molecule has 0 aromatic carbocycles. The first-order valence-electron chi connectivity index (χ1n) is 5.42. The van der Waals surface area contributed by atoms with Gasteiger partial charge in [0.05, 0.1) is 0 Å². The minimum atomic E-state index is -0.175. The summed E-state index contributed by atoms with van der Waals surface area (Å²) < 4.78 is 5.42. The van der Waals surface area contributed by atoms with Gasteiger partial charge in [-0.2, -0.15) is 0 Å². The molecule has 15 heavy (non-hydrogen) atoms. The van der Waals surface area contributed by atoms with Crippen LogP contribution in [-0.2, 0) is 11.8 Å². The van der Waals surface area contributed by atoms with E-state index in [4.69, 9.17) is 4.42 Å². The maximum Gasteiger partial charge on any atom is 0.339 e. The van der Waals surface area contributed by atoms with E-state index in [1.807, 2.05) is 20.8 Å². The third-order valence-electron chi connectivity index (χ3n) is 2.83. The first kappa shape index (κ1) is 12.0. The van der Waals surface area contributed by atoms with E-state index < -0.39 is 0 Å².